The van der Waals surface area contributed by atoms with Gasteiger partial charge in [0.05, 0.1) is 4.47 Å². The van der Waals surface area contributed by atoms with Gasteiger partial charge >= 0.3 is 6.36 Å². The van der Waals surface area contributed by atoms with Crippen LogP contribution >= 0.6 is 31.9 Å². The Hall–Kier alpha value is -1.35. The SMILES string of the molecule is Cc1nc(Br)cc(Oc2ccc(OC(F)(F)F)c(Br)c2)n1. The van der Waals surface area contributed by atoms with Gasteiger partial charge < -0.3 is 9.47 Å². The van der Waals surface area contributed by atoms with E-state index in [1.807, 2.05) is 0 Å². The van der Waals surface area contributed by atoms with Crippen LogP contribution in [0, 0.1) is 6.92 Å². The molecule has 1 aromatic heterocycles. The minimum absolute atomic E-state index is 0.113. The molecule has 0 fully saturated rings. The molecule has 0 saturated heterocycles. The molecule has 1 heterocycles. The number of aromatic nitrogens is 2. The summed E-state index contributed by atoms with van der Waals surface area (Å²) in [5.74, 6) is 0.720. The average Bonchev–Trinajstić information content (AvgIpc) is 2.30. The van der Waals surface area contributed by atoms with E-state index in [1.54, 1.807) is 13.0 Å². The Morgan fingerprint density at radius 1 is 1.10 bits per heavy atom. The van der Waals surface area contributed by atoms with Crippen molar-refractivity contribution in [2.75, 3.05) is 0 Å². The van der Waals surface area contributed by atoms with Gasteiger partial charge in [-0.25, -0.2) is 4.98 Å². The minimum Gasteiger partial charge on any atom is -0.439 e. The number of alkyl halides is 3. The van der Waals surface area contributed by atoms with E-state index in [2.05, 4.69) is 46.6 Å². The molecule has 0 radical (unpaired) electrons. The van der Waals surface area contributed by atoms with Gasteiger partial charge in [-0.3, -0.25) is 0 Å². The molecule has 2 aromatic rings. The fraction of sp³-hybridized carbons (Fsp3) is 0.167. The summed E-state index contributed by atoms with van der Waals surface area (Å²) in [7, 11) is 0. The Kier molecular flexibility index (Phi) is 4.72. The highest BCUT2D eigenvalue weighted by molar-refractivity contribution is 9.10. The quantitative estimate of drug-likeness (QED) is 0.646. The van der Waals surface area contributed by atoms with Crippen LogP contribution in [0.1, 0.15) is 5.82 Å². The first-order valence-electron chi connectivity index (χ1n) is 5.47. The van der Waals surface area contributed by atoms with Gasteiger partial charge in [-0.05, 0) is 57.0 Å². The van der Waals surface area contributed by atoms with Crippen molar-refractivity contribution in [3.05, 3.63) is 39.2 Å². The zero-order valence-electron chi connectivity index (χ0n) is 10.4. The summed E-state index contributed by atoms with van der Waals surface area (Å²) in [5.41, 5.74) is 0. The van der Waals surface area contributed by atoms with Gasteiger partial charge in [0.1, 0.15) is 21.9 Å². The van der Waals surface area contributed by atoms with Crippen molar-refractivity contribution in [1.29, 1.82) is 0 Å². The number of aryl methyl sites for hydroxylation is 1. The lowest BCUT2D eigenvalue weighted by Crippen LogP contribution is -2.17. The van der Waals surface area contributed by atoms with Gasteiger partial charge in [0.25, 0.3) is 0 Å². The molecule has 9 heteroatoms. The normalized spacial score (nSPS) is 11.3. The lowest BCUT2D eigenvalue weighted by Gasteiger charge is -2.12. The van der Waals surface area contributed by atoms with Crippen LogP contribution in [0.4, 0.5) is 13.2 Å². The summed E-state index contributed by atoms with van der Waals surface area (Å²) in [6.45, 7) is 1.69. The number of ether oxygens (including phenoxy) is 2. The monoisotopic (exact) mass is 426 g/mol. The molecule has 0 atom stereocenters. The molecule has 0 spiro atoms. The predicted molar refractivity (Wildman–Crippen MR) is 75.4 cm³/mol. The highest BCUT2D eigenvalue weighted by Crippen LogP contribution is 2.34. The highest BCUT2D eigenvalue weighted by atomic mass is 79.9. The summed E-state index contributed by atoms with van der Waals surface area (Å²) >= 11 is 6.20. The molecule has 0 aliphatic rings. The number of rotatable bonds is 3. The molecular weight excluding hydrogens is 421 g/mol. The summed E-state index contributed by atoms with van der Waals surface area (Å²) in [5, 5.41) is 0. The van der Waals surface area contributed by atoms with Crippen LogP contribution < -0.4 is 9.47 Å². The number of halogens is 5. The summed E-state index contributed by atoms with van der Waals surface area (Å²) in [6.07, 6.45) is -4.75. The van der Waals surface area contributed by atoms with Crippen molar-refractivity contribution in [2.45, 2.75) is 13.3 Å². The first-order chi connectivity index (χ1) is 9.73. The maximum absolute atomic E-state index is 12.2. The fourth-order valence-electron chi connectivity index (χ4n) is 1.43. The second kappa shape index (κ2) is 6.18. The Labute approximate surface area is 134 Å². The van der Waals surface area contributed by atoms with E-state index in [1.165, 1.54) is 12.1 Å². The summed E-state index contributed by atoms with van der Waals surface area (Å²) < 4.78 is 46.4. The maximum atomic E-state index is 12.2. The molecule has 2 rings (SSSR count). The maximum Gasteiger partial charge on any atom is 0.573 e. The van der Waals surface area contributed by atoms with E-state index in [0.717, 1.165) is 6.07 Å². The van der Waals surface area contributed by atoms with E-state index in [4.69, 9.17) is 4.74 Å². The van der Waals surface area contributed by atoms with Crippen LogP contribution in [0.15, 0.2) is 33.3 Å². The second-order valence-corrected chi connectivity index (χ2v) is 5.49. The Bertz CT molecular complexity index is 645. The van der Waals surface area contributed by atoms with E-state index in [-0.39, 0.29) is 16.1 Å². The Morgan fingerprint density at radius 3 is 2.38 bits per heavy atom. The van der Waals surface area contributed by atoms with Crippen LogP contribution in [0.5, 0.6) is 17.4 Å². The van der Waals surface area contributed by atoms with Crippen LogP contribution in [-0.4, -0.2) is 16.3 Å². The third-order valence-corrected chi connectivity index (χ3v) is 3.16. The first-order valence-corrected chi connectivity index (χ1v) is 7.06. The highest BCUT2D eigenvalue weighted by Gasteiger charge is 2.32. The molecule has 0 bridgehead atoms. The van der Waals surface area contributed by atoms with E-state index in [0.29, 0.717) is 16.2 Å². The molecule has 0 amide bonds. The van der Waals surface area contributed by atoms with Crippen molar-refractivity contribution in [3.8, 4) is 17.4 Å². The van der Waals surface area contributed by atoms with Crippen LogP contribution in [0.3, 0.4) is 0 Å². The van der Waals surface area contributed by atoms with E-state index < -0.39 is 6.36 Å². The van der Waals surface area contributed by atoms with Crippen molar-refractivity contribution >= 4 is 31.9 Å². The lowest BCUT2D eigenvalue weighted by atomic mass is 10.3. The number of hydrogen-bond acceptors (Lipinski definition) is 4. The standard InChI is InChI=1S/C12H7Br2F3N2O2/c1-6-18-10(14)5-11(19-6)20-7-2-3-9(8(13)4-7)21-12(15,16)17/h2-5H,1H3. The molecule has 0 N–H and O–H groups in total. The zero-order chi connectivity index (χ0) is 15.6. The third kappa shape index (κ3) is 4.85. The molecule has 0 saturated carbocycles. The van der Waals surface area contributed by atoms with Crippen LogP contribution in [-0.2, 0) is 0 Å². The molecule has 4 nitrogen and oxygen atoms in total. The van der Waals surface area contributed by atoms with Gasteiger partial charge in [-0.2, -0.15) is 4.98 Å². The van der Waals surface area contributed by atoms with Crippen LogP contribution in [0.25, 0.3) is 0 Å². The van der Waals surface area contributed by atoms with Crippen molar-refractivity contribution in [2.24, 2.45) is 0 Å². The van der Waals surface area contributed by atoms with Gasteiger partial charge in [0, 0.05) is 6.07 Å². The summed E-state index contributed by atoms with van der Waals surface area (Å²) in [6, 6.07) is 5.39. The van der Waals surface area contributed by atoms with E-state index in [9.17, 15) is 13.2 Å². The smallest absolute Gasteiger partial charge is 0.439 e. The predicted octanol–water partition coefficient (Wildman–Crippen LogP) is 5.00. The van der Waals surface area contributed by atoms with Crippen molar-refractivity contribution in [1.82, 2.24) is 9.97 Å². The Morgan fingerprint density at radius 2 is 1.81 bits per heavy atom. The molecule has 0 aliphatic carbocycles. The number of benzene rings is 1. The van der Waals surface area contributed by atoms with Gasteiger partial charge in [0.15, 0.2) is 0 Å². The van der Waals surface area contributed by atoms with Gasteiger partial charge in [0.2, 0.25) is 5.88 Å². The second-order valence-electron chi connectivity index (χ2n) is 3.82. The Balaban J connectivity index is 2.20. The summed E-state index contributed by atoms with van der Waals surface area (Å²) in [4.78, 5) is 8.07. The van der Waals surface area contributed by atoms with Gasteiger partial charge in [-0.15, -0.1) is 13.2 Å². The molecular formula is C12H7Br2F3N2O2. The van der Waals surface area contributed by atoms with Crippen molar-refractivity contribution < 1.29 is 22.6 Å². The molecule has 112 valence electrons. The molecule has 1 aromatic carbocycles. The average molecular weight is 428 g/mol. The third-order valence-electron chi connectivity index (χ3n) is 2.13. The topological polar surface area (TPSA) is 44.2 Å². The fourth-order valence-corrected chi connectivity index (χ4v) is 2.32. The van der Waals surface area contributed by atoms with Crippen LogP contribution in [0.2, 0.25) is 0 Å². The first kappa shape index (κ1) is 16.0. The largest absolute Gasteiger partial charge is 0.573 e. The van der Waals surface area contributed by atoms with Crippen molar-refractivity contribution in [3.63, 3.8) is 0 Å². The molecule has 21 heavy (non-hydrogen) atoms. The molecule has 0 unspecified atom stereocenters. The number of nitrogens with zero attached hydrogens (tertiary/aromatic N) is 2. The van der Waals surface area contributed by atoms with Gasteiger partial charge in [-0.1, -0.05) is 0 Å². The minimum atomic E-state index is -4.75. The number of hydrogen-bond donors (Lipinski definition) is 0. The molecule has 0 aliphatic heterocycles. The van der Waals surface area contributed by atoms with E-state index >= 15 is 0 Å². The zero-order valence-corrected chi connectivity index (χ0v) is 13.6. The lowest BCUT2D eigenvalue weighted by molar-refractivity contribution is -0.274.